The van der Waals surface area contributed by atoms with Crippen LogP contribution >= 0.6 is 0 Å². The van der Waals surface area contributed by atoms with Gasteiger partial charge in [0, 0.05) is 24.8 Å². The second-order valence-corrected chi connectivity index (χ2v) is 11.7. The Labute approximate surface area is 183 Å². The lowest BCUT2D eigenvalue weighted by molar-refractivity contribution is -0.161. The van der Waals surface area contributed by atoms with E-state index in [-0.39, 0.29) is 16.9 Å². The molecule has 0 aromatic heterocycles. The van der Waals surface area contributed by atoms with E-state index in [4.69, 9.17) is 10.5 Å². The molecule has 2 N–H and O–H groups in total. The van der Waals surface area contributed by atoms with Gasteiger partial charge in [-0.15, -0.1) is 0 Å². The molecule has 4 saturated carbocycles. The molecule has 6 unspecified atom stereocenters. The molecule has 0 aromatic rings. The normalized spacial score (nSPS) is 47.9. The van der Waals surface area contributed by atoms with Crippen molar-refractivity contribution in [2.24, 2.45) is 46.2 Å². The molecule has 30 heavy (non-hydrogen) atoms. The van der Waals surface area contributed by atoms with Gasteiger partial charge < -0.3 is 10.5 Å². The molecule has 0 amide bonds. The number of Topliss-reactive ketones (excluding diaryl/α,β-unsaturated/α-hetero) is 1. The number of rotatable bonds is 5. The summed E-state index contributed by atoms with van der Waals surface area (Å²) >= 11 is 0. The summed E-state index contributed by atoms with van der Waals surface area (Å²) in [7, 11) is 1.48. The fourth-order valence-corrected chi connectivity index (χ4v) is 8.93. The van der Waals surface area contributed by atoms with Gasteiger partial charge in [-0.3, -0.25) is 9.59 Å². The summed E-state index contributed by atoms with van der Waals surface area (Å²) in [6.07, 6.45) is 12.4. The van der Waals surface area contributed by atoms with Gasteiger partial charge in [-0.2, -0.15) is 0 Å². The Balaban J connectivity index is 1.57. The van der Waals surface area contributed by atoms with E-state index in [1.165, 1.54) is 39.2 Å². The molecule has 170 valence electrons. The summed E-state index contributed by atoms with van der Waals surface area (Å²) in [5.74, 6) is 3.49. The maximum Gasteiger partial charge on any atom is 0.305 e. The largest absolute Gasteiger partial charge is 0.469 e. The SMILES string of the molecule is CC[C@H]1CC2C3CCC(CCCC(=O)OC)C3(C)CC[C@]2(N)C2(C)CCC(=O)CC12. The Morgan fingerprint density at radius 1 is 1.13 bits per heavy atom. The summed E-state index contributed by atoms with van der Waals surface area (Å²) < 4.78 is 4.84. The zero-order chi connectivity index (χ0) is 21.7. The van der Waals surface area contributed by atoms with E-state index in [1.807, 2.05) is 0 Å². The van der Waals surface area contributed by atoms with Crippen molar-refractivity contribution in [3.05, 3.63) is 0 Å². The van der Waals surface area contributed by atoms with Gasteiger partial charge in [-0.25, -0.2) is 0 Å². The van der Waals surface area contributed by atoms with Crippen LogP contribution in [0.2, 0.25) is 0 Å². The summed E-state index contributed by atoms with van der Waals surface area (Å²) in [5.41, 5.74) is 7.81. The number of ketones is 1. The molecule has 0 radical (unpaired) electrons. The lowest BCUT2D eigenvalue weighted by atomic mass is 9.39. The van der Waals surface area contributed by atoms with Crippen molar-refractivity contribution in [3.63, 3.8) is 0 Å². The van der Waals surface area contributed by atoms with Crippen LogP contribution in [0, 0.1) is 40.4 Å². The molecule has 0 aromatic carbocycles. The van der Waals surface area contributed by atoms with Crippen molar-refractivity contribution in [2.45, 2.75) is 103 Å². The third-order valence-electron chi connectivity index (χ3n) is 10.9. The fourth-order valence-electron chi connectivity index (χ4n) is 8.93. The van der Waals surface area contributed by atoms with Gasteiger partial charge in [0.15, 0.2) is 0 Å². The Bertz CT molecular complexity index is 692. The van der Waals surface area contributed by atoms with Crippen LogP contribution in [0.1, 0.15) is 97.8 Å². The summed E-state index contributed by atoms with van der Waals surface area (Å²) in [5, 5.41) is 0. The van der Waals surface area contributed by atoms with Gasteiger partial charge in [-0.1, -0.05) is 27.2 Å². The molecule has 4 heteroatoms. The summed E-state index contributed by atoms with van der Waals surface area (Å²) in [6.45, 7) is 7.30. The summed E-state index contributed by atoms with van der Waals surface area (Å²) in [6, 6.07) is 0. The van der Waals surface area contributed by atoms with Crippen LogP contribution in [0.3, 0.4) is 0 Å². The average molecular weight is 418 g/mol. The van der Waals surface area contributed by atoms with Crippen LogP contribution in [0.5, 0.6) is 0 Å². The minimum Gasteiger partial charge on any atom is -0.469 e. The van der Waals surface area contributed by atoms with Crippen LogP contribution in [0.15, 0.2) is 0 Å². The lowest BCUT2D eigenvalue weighted by Gasteiger charge is -2.67. The van der Waals surface area contributed by atoms with E-state index in [9.17, 15) is 9.59 Å². The van der Waals surface area contributed by atoms with Crippen molar-refractivity contribution in [2.75, 3.05) is 7.11 Å². The Morgan fingerprint density at radius 2 is 1.90 bits per heavy atom. The molecule has 0 aliphatic heterocycles. The molecule has 4 fully saturated rings. The van der Waals surface area contributed by atoms with Gasteiger partial charge in [0.05, 0.1) is 7.11 Å². The van der Waals surface area contributed by atoms with Crippen LogP contribution in [-0.4, -0.2) is 24.4 Å². The number of carbonyl (C=O) groups excluding carboxylic acids is 2. The first-order valence-corrected chi connectivity index (χ1v) is 12.6. The molecular formula is C26H43NO3. The highest BCUT2D eigenvalue weighted by molar-refractivity contribution is 5.80. The second kappa shape index (κ2) is 7.90. The average Bonchev–Trinajstić information content (AvgIpc) is 3.05. The highest BCUT2D eigenvalue weighted by Gasteiger charge is 2.67. The van der Waals surface area contributed by atoms with Crippen molar-refractivity contribution in [3.8, 4) is 0 Å². The number of carbonyl (C=O) groups is 2. The zero-order valence-electron chi connectivity index (χ0n) is 19.7. The van der Waals surface area contributed by atoms with Crippen LogP contribution in [0.4, 0.5) is 0 Å². The quantitative estimate of drug-likeness (QED) is 0.618. The van der Waals surface area contributed by atoms with Crippen molar-refractivity contribution in [1.82, 2.24) is 0 Å². The molecule has 0 saturated heterocycles. The predicted molar refractivity (Wildman–Crippen MR) is 119 cm³/mol. The molecular weight excluding hydrogens is 374 g/mol. The van der Waals surface area contributed by atoms with Gasteiger partial charge in [0.1, 0.15) is 5.78 Å². The number of methoxy groups -OCH3 is 1. The predicted octanol–water partition coefficient (Wildman–Crippen LogP) is 5.28. The van der Waals surface area contributed by atoms with E-state index < -0.39 is 0 Å². The molecule has 4 rings (SSSR count). The minimum absolute atomic E-state index is 0.0804. The molecule has 4 aliphatic rings. The molecule has 8 atom stereocenters. The van der Waals surface area contributed by atoms with Gasteiger partial charge >= 0.3 is 5.97 Å². The first-order valence-electron chi connectivity index (χ1n) is 12.6. The van der Waals surface area contributed by atoms with E-state index in [2.05, 4.69) is 20.8 Å². The Hall–Kier alpha value is -0.900. The maximum atomic E-state index is 12.4. The van der Waals surface area contributed by atoms with E-state index in [0.717, 1.165) is 38.5 Å². The third kappa shape index (κ3) is 3.19. The number of hydrogen-bond acceptors (Lipinski definition) is 4. The van der Waals surface area contributed by atoms with Crippen molar-refractivity contribution >= 4 is 11.8 Å². The summed E-state index contributed by atoms with van der Waals surface area (Å²) in [4.78, 5) is 23.9. The number of esters is 1. The van der Waals surface area contributed by atoms with Gasteiger partial charge in [-0.05, 0) is 91.8 Å². The first-order chi connectivity index (χ1) is 14.2. The number of nitrogens with two attached hydrogens (primary N) is 1. The molecule has 0 spiro atoms. The molecule has 0 heterocycles. The van der Waals surface area contributed by atoms with Gasteiger partial charge in [0.25, 0.3) is 0 Å². The number of hydrogen-bond donors (Lipinski definition) is 1. The molecule has 4 nitrogen and oxygen atoms in total. The zero-order valence-corrected chi connectivity index (χ0v) is 19.7. The standard InChI is InChI=1S/C26H43NO3/c1-5-17-15-22-20-10-9-18(7-6-8-23(29)30-4)24(20,2)13-14-26(22,27)25(3)12-11-19(28)16-21(17)25/h17-18,20-22H,5-16,27H2,1-4H3/t17-,18?,20?,21?,22?,24?,25?,26+/m0/s1. The lowest BCUT2D eigenvalue weighted by Crippen LogP contribution is -2.71. The monoisotopic (exact) mass is 417 g/mol. The maximum absolute atomic E-state index is 12.4. The number of ether oxygens (including phenoxy) is 1. The van der Waals surface area contributed by atoms with Gasteiger partial charge in [0.2, 0.25) is 0 Å². The highest BCUT2D eigenvalue weighted by Crippen LogP contribution is 2.69. The number of fused-ring (bicyclic) bond motifs is 5. The van der Waals surface area contributed by atoms with Crippen LogP contribution in [0.25, 0.3) is 0 Å². The minimum atomic E-state index is -0.116. The molecule has 4 aliphatic carbocycles. The smallest absolute Gasteiger partial charge is 0.305 e. The second-order valence-electron chi connectivity index (χ2n) is 11.7. The van der Waals surface area contributed by atoms with Crippen LogP contribution in [-0.2, 0) is 14.3 Å². The Morgan fingerprint density at radius 3 is 2.60 bits per heavy atom. The first kappa shape index (κ1) is 22.3. The van der Waals surface area contributed by atoms with E-state index >= 15 is 0 Å². The van der Waals surface area contributed by atoms with E-state index in [0.29, 0.717) is 47.2 Å². The van der Waals surface area contributed by atoms with Crippen molar-refractivity contribution in [1.29, 1.82) is 0 Å². The topological polar surface area (TPSA) is 69.4 Å². The van der Waals surface area contributed by atoms with Crippen LogP contribution < -0.4 is 5.73 Å². The Kier molecular flexibility index (Phi) is 5.87. The molecule has 0 bridgehead atoms. The fraction of sp³-hybridized carbons (Fsp3) is 0.923. The third-order valence-corrected chi connectivity index (χ3v) is 10.9. The van der Waals surface area contributed by atoms with Crippen molar-refractivity contribution < 1.29 is 14.3 Å². The highest BCUT2D eigenvalue weighted by atomic mass is 16.5. The van der Waals surface area contributed by atoms with E-state index in [1.54, 1.807) is 0 Å².